The van der Waals surface area contributed by atoms with Gasteiger partial charge < -0.3 is 0 Å². The molecule has 0 saturated heterocycles. The molecule has 0 N–H and O–H groups in total. The Bertz CT molecular complexity index is 595. The van der Waals surface area contributed by atoms with Gasteiger partial charge in [-0.3, -0.25) is 0 Å². The van der Waals surface area contributed by atoms with E-state index >= 15 is 0 Å². The van der Waals surface area contributed by atoms with Crippen LogP contribution in [-0.4, -0.2) is 0 Å². The van der Waals surface area contributed by atoms with Crippen LogP contribution in [0.15, 0.2) is 42.5 Å². The lowest BCUT2D eigenvalue weighted by Gasteiger charge is -2.08. The van der Waals surface area contributed by atoms with Crippen LogP contribution < -0.4 is 0 Å². The second-order valence-corrected chi connectivity index (χ2v) is 6.03. The van der Waals surface area contributed by atoms with Crippen LogP contribution in [0.3, 0.4) is 0 Å². The first-order chi connectivity index (χ1) is 10.4. The predicted octanol–water partition coefficient (Wildman–Crippen LogP) is 6.05. The molecule has 0 nitrogen and oxygen atoms in total. The van der Waals surface area contributed by atoms with Crippen molar-refractivity contribution in [2.24, 2.45) is 0 Å². The van der Waals surface area contributed by atoms with E-state index in [-0.39, 0.29) is 0 Å². The molecule has 0 atom stereocenters. The van der Waals surface area contributed by atoms with Gasteiger partial charge in [-0.25, -0.2) is 0 Å². The molecule has 0 aromatic heterocycles. The van der Waals surface area contributed by atoms with Crippen molar-refractivity contribution in [1.82, 2.24) is 0 Å². The maximum Gasteiger partial charge on any atom is 0.0517 e. The number of fused-ring (bicyclic) bond motifs is 3. The fourth-order valence-corrected chi connectivity index (χ4v) is 3.24. The van der Waals surface area contributed by atoms with Crippen molar-refractivity contribution in [1.29, 1.82) is 0 Å². The number of unbranched alkanes of at least 4 members (excludes halogenated alkanes) is 5. The minimum atomic E-state index is 1.19. The molecule has 1 aliphatic rings. The summed E-state index contributed by atoms with van der Waals surface area (Å²) in [5, 5.41) is 0. The molecule has 0 unspecified atom stereocenters. The zero-order chi connectivity index (χ0) is 14.5. The van der Waals surface area contributed by atoms with Crippen molar-refractivity contribution < 1.29 is 0 Å². The van der Waals surface area contributed by atoms with Crippen LogP contribution in [0.5, 0.6) is 0 Å². The second kappa shape index (κ2) is 6.93. The summed E-state index contributed by atoms with van der Waals surface area (Å²) in [4.78, 5) is 0. The molecule has 0 spiro atoms. The summed E-state index contributed by atoms with van der Waals surface area (Å²) in [7, 11) is 0. The smallest absolute Gasteiger partial charge is 0.0517 e. The molecule has 2 aromatic rings. The molecule has 0 saturated carbocycles. The predicted molar refractivity (Wildman–Crippen MR) is 90.4 cm³/mol. The van der Waals surface area contributed by atoms with Gasteiger partial charge >= 0.3 is 0 Å². The molecule has 21 heavy (non-hydrogen) atoms. The lowest BCUT2D eigenvalue weighted by atomic mass is 9.97. The monoisotopic (exact) mass is 276 g/mol. The highest BCUT2D eigenvalue weighted by Gasteiger charge is 2.20. The van der Waals surface area contributed by atoms with Crippen LogP contribution in [0.4, 0.5) is 0 Å². The van der Waals surface area contributed by atoms with Crippen molar-refractivity contribution >= 4 is 0 Å². The first-order valence-corrected chi connectivity index (χ1v) is 8.38. The maximum atomic E-state index is 3.61. The van der Waals surface area contributed by atoms with Crippen molar-refractivity contribution in [2.75, 3.05) is 0 Å². The van der Waals surface area contributed by atoms with Crippen molar-refractivity contribution in [3.63, 3.8) is 0 Å². The summed E-state index contributed by atoms with van der Waals surface area (Å²) in [5.74, 6) is 0. The Morgan fingerprint density at radius 2 is 1.52 bits per heavy atom. The highest BCUT2D eigenvalue weighted by atomic mass is 14.2. The molecule has 2 aromatic carbocycles. The Kier molecular flexibility index (Phi) is 4.75. The highest BCUT2D eigenvalue weighted by Crippen LogP contribution is 2.39. The Morgan fingerprint density at radius 1 is 0.762 bits per heavy atom. The Balaban J connectivity index is 1.64. The summed E-state index contributed by atoms with van der Waals surface area (Å²) in [6.07, 6.45) is 13.0. The number of hydrogen-bond donors (Lipinski definition) is 0. The zero-order valence-corrected chi connectivity index (χ0v) is 13.0. The third-order valence-corrected chi connectivity index (χ3v) is 4.43. The van der Waals surface area contributed by atoms with E-state index in [2.05, 4.69) is 55.8 Å². The summed E-state index contributed by atoms with van der Waals surface area (Å²) < 4.78 is 0. The number of aryl methyl sites for hydroxylation is 1. The van der Waals surface area contributed by atoms with Gasteiger partial charge in [0.2, 0.25) is 0 Å². The molecule has 2 radical (unpaired) electrons. The van der Waals surface area contributed by atoms with Crippen molar-refractivity contribution in [2.45, 2.75) is 51.9 Å². The van der Waals surface area contributed by atoms with Crippen molar-refractivity contribution in [3.05, 3.63) is 65.6 Å². The minimum Gasteiger partial charge on any atom is -0.0654 e. The summed E-state index contributed by atoms with van der Waals surface area (Å²) in [6, 6.07) is 15.3. The summed E-state index contributed by atoms with van der Waals surface area (Å²) in [5.41, 5.74) is 6.78. The van der Waals surface area contributed by atoms with E-state index in [0.29, 0.717) is 0 Å². The third kappa shape index (κ3) is 3.20. The number of rotatable bonds is 7. The lowest BCUT2D eigenvalue weighted by molar-refractivity contribution is 0.607. The maximum absolute atomic E-state index is 3.61. The Hall–Kier alpha value is -1.56. The average molecular weight is 276 g/mol. The van der Waals surface area contributed by atoms with E-state index in [9.17, 15) is 0 Å². The highest BCUT2D eigenvalue weighted by molar-refractivity contribution is 5.82. The molecule has 0 aliphatic heterocycles. The SMILES string of the molecule is CCCCCCCCc1cccc2c1[C]c1ccccc1-2. The van der Waals surface area contributed by atoms with Gasteiger partial charge in [-0.05, 0) is 40.7 Å². The van der Waals surface area contributed by atoms with E-state index in [4.69, 9.17) is 0 Å². The molecule has 1 aliphatic carbocycles. The van der Waals surface area contributed by atoms with Gasteiger partial charge in [0.15, 0.2) is 0 Å². The number of hydrogen-bond acceptors (Lipinski definition) is 0. The Morgan fingerprint density at radius 3 is 2.43 bits per heavy atom. The third-order valence-electron chi connectivity index (χ3n) is 4.43. The van der Waals surface area contributed by atoms with E-state index in [1.165, 1.54) is 72.8 Å². The van der Waals surface area contributed by atoms with Gasteiger partial charge in [-0.2, -0.15) is 0 Å². The van der Waals surface area contributed by atoms with E-state index in [1.807, 2.05) is 0 Å². The largest absolute Gasteiger partial charge is 0.0654 e. The molecule has 0 bridgehead atoms. The average Bonchev–Trinajstić information content (AvgIpc) is 2.90. The van der Waals surface area contributed by atoms with Crippen LogP contribution >= 0.6 is 0 Å². The molecule has 108 valence electrons. The molecule has 0 amide bonds. The second-order valence-electron chi connectivity index (χ2n) is 6.03. The summed E-state index contributed by atoms with van der Waals surface area (Å²) >= 11 is 0. The molecule has 0 heteroatoms. The van der Waals surface area contributed by atoms with Gasteiger partial charge in [-0.15, -0.1) is 0 Å². The van der Waals surface area contributed by atoms with Crippen LogP contribution in [0.25, 0.3) is 11.1 Å². The van der Waals surface area contributed by atoms with E-state index in [1.54, 1.807) is 0 Å². The fourth-order valence-electron chi connectivity index (χ4n) is 3.24. The van der Waals surface area contributed by atoms with Crippen LogP contribution in [0, 0.1) is 6.42 Å². The van der Waals surface area contributed by atoms with E-state index < -0.39 is 0 Å². The van der Waals surface area contributed by atoms with Gasteiger partial charge in [-0.1, -0.05) is 81.5 Å². The molecule has 0 heterocycles. The van der Waals surface area contributed by atoms with Crippen LogP contribution in [0.2, 0.25) is 0 Å². The number of benzene rings is 2. The minimum absolute atomic E-state index is 1.19. The standard InChI is InChI=1S/C21H24/c1-2-3-4-5-6-7-11-17-13-10-15-20-19-14-9-8-12-18(19)16-21(17)20/h8-10,12-15H,2-7,11H2,1H3. The zero-order valence-electron chi connectivity index (χ0n) is 13.0. The molecule has 0 fully saturated rings. The Labute approximate surface area is 129 Å². The van der Waals surface area contributed by atoms with Gasteiger partial charge in [0.1, 0.15) is 0 Å². The lowest BCUT2D eigenvalue weighted by Crippen LogP contribution is -1.92. The van der Waals surface area contributed by atoms with Gasteiger partial charge in [0, 0.05) is 0 Å². The first-order valence-electron chi connectivity index (χ1n) is 8.38. The van der Waals surface area contributed by atoms with Gasteiger partial charge in [0.25, 0.3) is 0 Å². The topological polar surface area (TPSA) is 0 Å². The summed E-state index contributed by atoms with van der Waals surface area (Å²) in [6.45, 7) is 2.27. The normalized spacial score (nSPS) is 12.2. The molecular formula is C21H24. The van der Waals surface area contributed by atoms with Gasteiger partial charge in [0.05, 0.1) is 6.42 Å². The van der Waals surface area contributed by atoms with Crippen LogP contribution in [-0.2, 0) is 6.42 Å². The van der Waals surface area contributed by atoms with E-state index in [0.717, 1.165) is 0 Å². The van der Waals surface area contributed by atoms with Crippen LogP contribution in [0.1, 0.15) is 62.1 Å². The first kappa shape index (κ1) is 14.4. The quantitative estimate of drug-likeness (QED) is 0.461. The molecule has 3 rings (SSSR count). The fraction of sp³-hybridized carbons (Fsp3) is 0.381. The van der Waals surface area contributed by atoms with Crippen molar-refractivity contribution in [3.8, 4) is 11.1 Å². The molecular weight excluding hydrogens is 252 g/mol.